The van der Waals surface area contributed by atoms with E-state index in [9.17, 15) is 14.3 Å². The molecular formula is C30H45FO3. The summed E-state index contributed by atoms with van der Waals surface area (Å²) >= 11 is 0. The Balaban J connectivity index is 1.48. The molecule has 4 aliphatic rings. The summed E-state index contributed by atoms with van der Waals surface area (Å²) in [5.41, 5.74) is 3.24. The molecule has 5 atom stereocenters. The summed E-state index contributed by atoms with van der Waals surface area (Å²) in [4.78, 5) is 11.4. The number of esters is 1. The Hall–Kier alpha value is -1.42. The Morgan fingerprint density at radius 2 is 2.00 bits per heavy atom. The van der Waals surface area contributed by atoms with Crippen LogP contribution in [0.1, 0.15) is 105 Å². The summed E-state index contributed by atoms with van der Waals surface area (Å²) < 4.78 is 19.9. The molecule has 0 aromatic heterocycles. The Morgan fingerprint density at radius 1 is 1.26 bits per heavy atom. The molecule has 34 heavy (non-hydrogen) atoms. The van der Waals surface area contributed by atoms with Gasteiger partial charge in [0, 0.05) is 19.8 Å². The predicted molar refractivity (Wildman–Crippen MR) is 135 cm³/mol. The lowest BCUT2D eigenvalue weighted by atomic mass is 9.59. The average molecular weight is 473 g/mol. The fourth-order valence-electron chi connectivity index (χ4n) is 7.79. The summed E-state index contributed by atoms with van der Waals surface area (Å²) in [6.45, 7) is 11.8. The molecule has 0 bridgehead atoms. The fourth-order valence-corrected chi connectivity index (χ4v) is 7.79. The van der Waals surface area contributed by atoms with Crippen molar-refractivity contribution < 1.29 is 19.0 Å². The lowest BCUT2D eigenvalue weighted by Gasteiger charge is -2.45. The molecule has 4 rings (SSSR count). The zero-order valence-electron chi connectivity index (χ0n) is 21.8. The summed E-state index contributed by atoms with van der Waals surface area (Å²) in [5.74, 6) is 1.03. The first-order chi connectivity index (χ1) is 15.9. The van der Waals surface area contributed by atoms with E-state index in [2.05, 4.69) is 25.7 Å². The molecule has 0 saturated heterocycles. The fraction of sp³-hybridized carbons (Fsp3) is 0.767. The highest BCUT2D eigenvalue weighted by Gasteiger charge is 2.60. The number of allylic oxidation sites excluding steroid dienone is 4. The zero-order chi connectivity index (χ0) is 24.7. The van der Waals surface area contributed by atoms with Crippen LogP contribution in [0.5, 0.6) is 0 Å². The van der Waals surface area contributed by atoms with Crippen molar-refractivity contribution in [1.82, 2.24) is 0 Å². The van der Waals surface area contributed by atoms with E-state index < -0.39 is 17.9 Å². The number of carbonyl (C=O) groups is 1. The van der Waals surface area contributed by atoms with Crippen LogP contribution in [0.25, 0.3) is 0 Å². The third-order valence-corrected chi connectivity index (χ3v) is 9.60. The number of ether oxygens (including phenoxy) is 1. The molecule has 4 fully saturated rings. The van der Waals surface area contributed by atoms with Gasteiger partial charge in [0.25, 0.3) is 0 Å². The summed E-state index contributed by atoms with van der Waals surface area (Å²) in [6.07, 6.45) is 15.7. The average Bonchev–Trinajstić information content (AvgIpc) is 3.40. The van der Waals surface area contributed by atoms with Gasteiger partial charge in [0.1, 0.15) is 12.3 Å². The minimum Gasteiger partial charge on any atom is -0.462 e. The normalized spacial score (nSPS) is 37.6. The van der Waals surface area contributed by atoms with Crippen LogP contribution in [0, 0.1) is 22.7 Å². The molecule has 0 aromatic rings. The van der Waals surface area contributed by atoms with Gasteiger partial charge in [0.05, 0.1) is 5.60 Å². The van der Waals surface area contributed by atoms with E-state index in [4.69, 9.17) is 4.74 Å². The van der Waals surface area contributed by atoms with Crippen LogP contribution in [-0.4, -0.2) is 29.0 Å². The van der Waals surface area contributed by atoms with E-state index in [0.29, 0.717) is 28.7 Å². The molecule has 0 radical (unpaired) electrons. The number of alkyl halides is 1. The Bertz CT molecular complexity index is 859. The van der Waals surface area contributed by atoms with Crippen molar-refractivity contribution in [2.75, 3.05) is 0 Å². The third-order valence-electron chi connectivity index (χ3n) is 9.60. The van der Waals surface area contributed by atoms with Gasteiger partial charge in [-0.1, -0.05) is 37.6 Å². The molecule has 1 unspecified atom stereocenters. The second-order valence-corrected chi connectivity index (χ2v) is 12.7. The van der Waals surface area contributed by atoms with Crippen LogP contribution in [0.4, 0.5) is 4.39 Å². The van der Waals surface area contributed by atoms with Crippen LogP contribution in [0.2, 0.25) is 0 Å². The number of rotatable bonds is 7. The molecule has 4 aliphatic carbocycles. The molecule has 4 heteroatoms. The summed E-state index contributed by atoms with van der Waals surface area (Å²) in [7, 11) is 0. The van der Waals surface area contributed by atoms with Gasteiger partial charge < -0.3 is 9.84 Å². The number of aliphatic hydroxyl groups is 1. The summed E-state index contributed by atoms with van der Waals surface area (Å²) in [5, 5.41) is 10.2. The van der Waals surface area contributed by atoms with Gasteiger partial charge >= 0.3 is 5.97 Å². The SMILES string of the molecule is C=C1/C(=C\C=C2/CCC[C@@]3(C)C2CC[C@@H]3C2(CCCC(C)(C)O)CC2)C[C@@H](OC(C)=O)C[C@@H]1F. The molecular weight excluding hydrogens is 427 g/mol. The molecule has 190 valence electrons. The topological polar surface area (TPSA) is 46.5 Å². The second-order valence-electron chi connectivity index (χ2n) is 12.7. The lowest BCUT2D eigenvalue weighted by Crippen LogP contribution is -2.37. The summed E-state index contributed by atoms with van der Waals surface area (Å²) in [6, 6.07) is 0. The first-order valence-corrected chi connectivity index (χ1v) is 13.6. The van der Waals surface area contributed by atoms with Gasteiger partial charge in [-0.3, -0.25) is 4.79 Å². The Kier molecular flexibility index (Phi) is 7.22. The van der Waals surface area contributed by atoms with Crippen LogP contribution in [0.15, 0.2) is 35.5 Å². The molecule has 1 N–H and O–H groups in total. The Labute approximate surface area is 205 Å². The van der Waals surface area contributed by atoms with E-state index in [1.807, 2.05) is 13.8 Å². The molecule has 0 amide bonds. The number of halogens is 1. The van der Waals surface area contributed by atoms with Crippen molar-refractivity contribution in [2.24, 2.45) is 22.7 Å². The van der Waals surface area contributed by atoms with Crippen molar-refractivity contribution in [3.8, 4) is 0 Å². The van der Waals surface area contributed by atoms with Gasteiger partial charge in [-0.2, -0.15) is 0 Å². The molecule has 0 aliphatic heterocycles. The highest BCUT2D eigenvalue weighted by atomic mass is 19.1. The van der Waals surface area contributed by atoms with Crippen LogP contribution in [0.3, 0.4) is 0 Å². The van der Waals surface area contributed by atoms with Crippen molar-refractivity contribution in [3.63, 3.8) is 0 Å². The second kappa shape index (κ2) is 9.56. The van der Waals surface area contributed by atoms with E-state index in [0.717, 1.165) is 30.8 Å². The van der Waals surface area contributed by atoms with Crippen molar-refractivity contribution in [1.29, 1.82) is 0 Å². The molecule has 0 heterocycles. The minimum atomic E-state index is -1.14. The van der Waals surface area contributed by atoms with Gasteiger partial charge in [0.15, 0.2) is 0 Å². The standard InChI is InChI=1S/C30H45FO3/c1-20-23(18-24(19-26(20)31)34-21(2)32)10-9-22-8-6-14-29(5)25(22)11-12-27(29)30(16-17-30)15-7-13-28(3,4)33/h9-10,24-27,33H,1,6-8,11-19H2,2-5H3/b22-9+,23-10-/t24-,25?,26+,27+,29+/m1/s1. The lowest BCUT2D eigenvalue weighted by molar-refractivity contribution is -0.147. The van der Waals surface area contributed by atoms with E-state index >= 15 is 0 Å². The molecule has 0 aromatic carbocycles. The third kappa shape index (κ3) is 5.37. The number of fused-ring (bicyclic) bond motifs is 1. The van der Waals surface area contributed by atoms with Crippen LogP contribution in [-0.2, 0) is 9.53 Å². The maximum Gasteiger partial charge on any atom is 0.302 e. The van der Waals surface area contributed by atoms with Crippen molar-refractivity contribution in [3.05, 3.63) is 35.5 Å². The molecule has 4 saturated carbocycles. The predicted octanol–water partition coefficient (Wildman–Crippen LogP) is 7.40. The smallest absolute Gasteiger partial charge is 0.302 e. The first-order valence-electron chi connectivity index (χ1n) is 13.6. The highest BCUT2D eigenvalue weighted by molar-refractivity contribution is 5.66. The number of hydrogen-bond acceptors (Lipinski definition) is 3. The van der Waals surface area contributed by atoms with Gasteiger partial charge in [-0.05, 0) is 105 Å². The van der Waals surface area contributed by atoms with E-state index in [1.165, 1.54) is 57.4 Å². The van der Waals surface area contributed by atoms with Gasteiger partial charge in [-0.15, -0.1) is 0 Å². The van der Waals surface area contributed by atoms with Crippen molar-refractivity contribution in [2.45, 2.75) is 123 Å². The van der Waals surface area contributed by atoms with E-state index in [1.54, 1.807) is 0 Å². The maximum atomic E-state index is 14.6. The molecule has 0 spiro atoms. The highest BCUT2D eigenvalue weighted by Crippen LogP contribution is 2.70. The monoisotopic (exact) mass is 472 g/mol. The van der Waals surface area contributed by atoms with Crippen LogP contribution < -0.4 is 0 Å². The number of carbonyl (C=O) groups excluding carboxylic acids is 1. The van der Waals surface area contributed by atoms with Gasteiger partial charge in [0.2, 0.25) is 0 Å². The Morgan fingerprint density at radius 3 is 2.65 bits per heavy atom. The zero-order valence-corrected chi connectivity index (χ0v) is 21.8. The van der Waals surface area contributed by atoms with Crippen molar-refractivity contribution >= 4 is 5.97 Å². The largest absolute Gasteiger partial charge is 0.462 e. The minimum absolute atomic E-state index is 0.213. The van der Waals surface area contributed by atoms with Gasteiger partial charge in [-0.25, -0.2) is 4.39 Å². The number of hydrogen-bond donors (Lipinski definition) is 1. The maximum absolute atomic E-state index is 14.6. The quantitative estimate of drug-likeness (QED) is 0.393. The molecule has 3 nitrogen and oxygen atoms in total. The first kappa shape index (κ1) is 25.7. The van der Waals surface area contributed by atoms with Crippen LogP contribution >= 0.6 is 0 Å². The van der Waals surface area contributed by atoms with E-state index in [-0.39, 0.29) is 12.4 Å².